The van der Waals surface area contributed by atoms with Crippen molar-refractivity contribution >= 4 is 0 Å². The molecule has 0 spiro atoms. The van der Waals surface area contributed by atoms with E-state index in [0.717, 1.165) is 11.8 Å². The summed E-state index contributed by atoms with van der Waals surface area (Å²) in [6.45, 7) is 1.92. The van der Waals surface area contributed by atoms with Gasteiger partial charge in [-0.15, -0.1) is 0 Å². The summed E-state index contributed by atoms with van der Waals surface area (Å²) in [4.78, 5) is 15.6. The molecule has 23 heavy (non-hydrogen) atoms. The fourth-order valence-corrected chi connectivity index (χ4v) is 2.07. The summed E-state index contributed by atoms with van der Waals surface area (Å²) in [5, 5.41) is 13.4. The first-order valence-electron chi connectivity index (χ1n) is 7.09. The van der Waals surface area contributed by atoms with E-state index in [1.165, 1.54) is 12.1 Å². The molecule has 0 atom stereocenters. The molecule has 0 bridgehead atoms. The summed E-state index contributed by atoms with van der Waals surface area (Å²) < 4.78 is 12.7. The first-order chi connectivity index (χ1) is 11.1. The number of halogens is 1. The SMILES string of the molecule is O=[N+]([O-])C=C1NCCN1Cc1ccc(F)cc1.c1ccncc1. The quantitative estimate of drug-likeness (QED) is 0.695. The minimum atomic E-state index is -0.481. The standard InChI is InChI=1S/C11H12FN3O2.C5H5N/c12-10-3-1-9(2-4-10)7-14-6-5-13-11(14)8-15(16)17;1-2-4-6-5-3-1/h1-4,8,13H,5-7H2;1-5H. The molecule has 0 saturated carbocycles. The number of benzene rings is 1. The van der Waals surface area contributed by atoms with Gasteiger partial charge in [0.25, 0.3) is 6.20 Å². The Balaban J connectivity index is 0.000000268. The number of nitrogens with one attached hydrogen (secondary N) is 1. The highest BCUT2D eigenvalue weighted by Gasteiger charge is 2.19. The van der Waals surface area contributed by atoms with Crippen LogP contribution in [0.15, 0.2) is 66.9 Å². The summed E-state index contributed by atoms with van der Waals surface area (Å²) >= 11 is 0. The molecule has 2 aromatic rings. The molecule has 1 aromatic carbocycles. The molecule has 7 heteroatoms. The molecule has 3 rings (SSSR count). The maximum absolute atomic E-state index is 12.7. The molecule has 0 radical (unpaired) electrons. The molecule has 1 fully saturated rings. The summed E-state index contributed by atoms with van der Waals surface area (Å²) in [5.74, 6) is 0.216. The Morgan fingerprint density at radius 1 is 1.26 bits per heavy atom. The van der Waals surface area contributed by atoms with E-state index in [1.807, 2.05) is 23.1 Å². The Bertz CT molecular complexity index is 620. The van der Waals surface area contributed by atoms with Gasteiger partial charge in [0.05, 0.1) is 4.92 Å². The van der Waals surface area contributed by atoms with E-state index in [2.05, 4.69) is 10.3 Å². The normalized spacial score (nSPS) is 14.8. The van der Waals surface area contributed by atoms with Gasteiger partial charge in [0, 0.05) is 32.0 Å². The number of pyridine rings is 1. The summed E-state index contributed by atoms with van der Waals surface area (Å²) in [6.07, 6.45) is 4.45. The maximum Gasteiger partial charge on any atom is 0.274 e. The van der Waals surface area contributed by atoms with Crippen LogP contribution in [-0.4, -0.2) is 27.9 Å². The smallest absolute Gasteiger partial charge is 0.274 e. The Hall–Kier alpha value is -2.96. The number of aromatic nitrogens is 1. The van der Waals surface area contributed by atoms with Crippen LogP contribution in [-0.2, 0) is 6.54 Å². The second kappa shape index (κ2) is 8.47. The highest BCUT2D eigenvalue weighted by Crippen LogP contribution is 2.13. The molecular weight excluding hydrogens is 299 g/mol. The number of nitrogens with zero attached hydrogens (tertiary/aromatic N) is 3. The fourth-order valence-electron chi connectivity index (χ4n) is 2.07. The van der Waals surface area contributed by atoms with Gasteiger partial charge in [-0.05, 0) is 29.8 Å². The predicted molar refractivity (Wildman–Crippen MR) is 84.1 cm³/mol. The zero-order valence-corrected chi connectivity index (χ0v) is 12.4. The third kappa shape index (κ3) is 5.74. The van der Waals surface area contributed by atoms with E-state index >= 15 is 0 Å². The molecule has 0 aliphatic carbocycles. The Kier molecular flexibility index (Phi) is 6.05. The third-order valence-electron chi connectivity index (χ3n) is 3.11. The van der Waals surface area contributed by atoms with Gasteiger partial charge in [0.15, 0.2) is 5.82 Å². The van der Waals surface area contributed by atoms with E-state index in [-0.39, 0.29) is 5.82 Å². The van der Waals surface area contributed by atoms with E-state index in [1.54, 1.807) is 24.5 Å². The van der Waals surface area contributed by atoms with Crippen LogP contribution >= 0.6 is 0 Å². The Morgan fingerprint density at radius 2 is 1.96 bits per heavy atom. The molecule has 6 nitrogen and oxygen atoms in total. The molecule has 1 aliphatic heterocycles. The largest absolute Gasteiger partial charge is 0.365 e. The molecule has 0 amide bonds. The minimum absolute atomic E-state index is 0.283. The molecule has 1 saturated heterocycles. The average Bonchev–Trinajstić information content (AvgIpc) is 2.98. The maximum atomic E-state index is 12.7. The van der Waals surface area contributed by atoms with Crippen molar-refractivity contribution in [1.82, 2.24) is 15.2 Å². The van der Waals surface area contributed by atoms with Crippen molar-refractivity contribution in [3.05, 3.63) is 88.4 Å². The third-order valence-corrected chi connectivity index (χ3v) is 3.11. The zero-order valence-electron chi connectivity index (χ0n) is 12.4. The van der Waals surface area contributed by atoms with E-state index in [0.29, 0.717) is 25.5 Å². The van der Waals surface area contributed by atoms with E-state index in [4.69, 9.17) is 0 Å². The average molecular weight is 316 g/mol. The lowest BCUT2D eigenvalue weighted by Gasteiger charge is -2.16. The molecule has 1 aromatic heterocycles. The van der Waals surface area contributed by atoms with Crippen molar-refractivity contribution in [2.24, 2.45) is 0 Å². The molecular formula is C16H17FN4O2. The van der Waals surface area contributed by atoms with Gasteiger partial charge in [0.2, 0.25) is 0 Å². The number of nitro groups is 1. The van der Waals surface area contributed by atoms with Gasteiger partial charge < -0.3 is 10.2 Å². The number of hydrogen-bond donors (Lipinski definition) is 1. The second-order valence-electron chi connectivity index (χ2n) is 4.80. The van der Waals surface area contributed by atoms with Crippen molar-refractivity contribution in [2.45, 2.75) is 6.54 Å². The van der Waals surface area contributed by atoms with Crippen LogP contribution in [0.5, 0.6) is 0 Å². The Labute approximate surface area is 133 Å². The van der Waals surface area contributed by atoms with Gasteiger partial charge in [-0.3, -0.25) is 15.1 Å². The van der Waals surface area contributed by atoms with Crippen LogP contribution in [0.4, 0.5) is 4.39 Å². The lowest BCUT2D eigenvalue weighted by atomic mass is 10.2. The molecule has 2 heterocycles. The summed E-state index contributed by atoms with van der Waals surface area (Å²) in [7, 11) is 0. The number of hydrogen-bond acceptors (Lipinski definition) is 5. The monoisotopic (exact) mass is 316 g/mol. The van der Waals surface area contributed by atoms with E-state index in [9.17, 15) is 14.5 Å². The predicted octanol–water partition coefficient (Wildman–Crippen LogP) is 2.39. The highest BCUT2D eigenvalue weighted by atomic mass is 19.1. The topological polar surface area (TPSA) is 71.3 Å². The minimum Gasteiger partial charge on any atom is -0.365 e. The highest BCUT2D eigenvalue weighted by molar-refractivity contribution is 5.17. The van der Waals surface area contributed by atoms with Gasteiger partial charge in [-0.2, -0.15) is 0 Å². The molecule has 120 valence electrons. The molecule has 1 aliphatic rings. The van der Waals surface area contributed by atoms with Crippen molar-refractivity contribution in [1.29, 1.82) is 0 Å². The van der Waals surface area contributed by atoms with Crippen molar-refractivity contribution in [3.63, 3.8) is 0 Å². The summed E-state index contributed by atoms with van der Waals surface area (Å²) in [6, 6.07) is 11.8. The Morgan fingerprint density at radius 3 is 2.48 bits per heavy atom. The second-order valence-corrected chi connectivity index (χ2v) is 4.80. The van der Waals surface area contributed by atoms with Crippen LogP contribution in [0, 0.1) is 15.9 Å². The fraction of sp³-hybridized carbons (Fsp3) is 0.188. The van der Waals surface area contributed by atoms with Gasteiger partial charge in [-0.1, -0.05) is 18.2 Å². The van der Waals surface area contributed by atoms with Crippen LogP contribution in [0.2, 0.25) is 0 Å². The van der Waals surface area contributed by atoms with E-state index < -0.39 is 4.92 Å². The van der Waals surface area contributed by atoms with Crippen molar-refractivity contribution in [2.75, 3.05) is 13.1 Å². The van der Waals surface area contributed by atoms with Crippen LogP contribution < -0.4 is 5.32 Å². The summed E-state index contributed by atoms with van der Waals surface area (Å²) in [5.41, 5.74) is 0.921. The molecule has 0 unspecified atom stereocenters. The van der Waals surface area contributed by atoms with Gasteiger partial charge in [0.1, 0.15) is 5.82 Å². The molecule has 1 N–H and O–H groups in total. The van der Waals surface area contributed by atoms with Crippen LogP contribution in [0.25, 0.3) is 0 Å². The van der Waals surface area contributed by atoms with Crippen molar-refractivity contribution < 1.29 is 9.31 Å². The van der Waals surface area contributed by atoms with Gasteiger partial charge in [-0.25, -0.2) is 4.39 Å². The van der Waals surface area contributed by atoms with Crippen LogP contribution in [0.3, 0.4) is 0 Å². The number of rotatable bonds is 3. The van der Waals surface area contributed by atoms with Crippen LogP contribution in [0.1, 0.15) is 5.56 Å². The first-order valence-corrected chi connectivity index (χ1v) is 7.09. The van der Waals surface area contributed by atoms with Gasteiger partial charge >= 0.3 is 0 Å². The van der Waals surface area contributed by atoms with Crippen molar-refractivity contribution in [3.8, 4) is 0 Å². The first kappa shape index (κ1) is 16.4. The zero-order chi connectivity index (χ0) is 16.5. The lowest BCUT2D eigenvalue weighted by Crippen LogP contribution is -2.20. The lowest BCUT2D eigenvalue weighted by molar-refractivity contribution is -0.404.